The molecule has 1 atom stereocenters. The van der Waals surface area contributed by atoms with E-state index >= 15 is 0 Å². The molecular weight excluding hydrogens is 277 g/mol. The minimum atomic E-state index is -4.52. The third-order valence-corrected chi connectivity index (χ3v) is 2.89. The smallest absolute Gasteiger partial charge is 0.320 e. The Labute approximate surface area is 111 Å². The van der Waals surface area contributed by atoms with Gasteiger partial charge in [-0.1, -0.05) is 24.3 Å². The number of hydrogen-bond acceptors (Lipinski definition) is 1. The van der Waals surface area contributed by atoms with E-state index in [0.29, 0.717) is 0 Å². The molecule has 0 heterocycles. The summed E-state index contributed by atoms with van der Waals surface area (Å²) in [6, 6.07) is 6.46. The van der Waals surface area contributed by atoms with Crippen molar-refractivity contribution in [2.75, 3.05) is 0 Å². The Bertz CT molecular complexity index is 621. The summed E-state index contributed by atoms with van der Waals surface area (Å²) in [7, 11) is 0. The van der Waals surface area contributed by atoms with Gasteiger partial charge in [0.15, 0.2) is 11.6 Å². The fourth-order valence-electron chi connectivity index (χ4n) is 1.85. The number of rotatable bonds is 2. The predicted molar refractivity (Wildman–Crippen MR) is 63.8 cm³/mol. The van der Waals surface area contributed by atoms with Crippen LogP contribution in [0.4, 0.5) is 22.0 Å². The summed E-state index contributed by atoms with van der Waals surface area (Å²) in [6.45, 7) is 0. The SMILES string of the molecule is NC(c1cccc(C(F)(F)F)c1)c1cccc(F)c1F. The Hall–Kier alpha value is -1.95. The van der Waals surface area contributed by atoms with Crippen molar-refractivity contribution in [3.05, 3.63) is 70.8 Å². The molecule has 2 N–H and O–H groups in total. The lowest BCUT2D eigenvalue weighted by Crippen LogP contribution is -2.15. The van der Waals surface area contributed by atoms with Crippen molar-refractivity contribution in [2.24, 2.45) is 5.73 Å². The van der Waals surface area contributed by atoms with Gasteiger partial charge in [0.1, 0.15) is 0 Å². The Balaban J connectivity index is 2.44. The van der Waals surface area contributed by atoms with Gasteiger partial charge in [-0.05, 0) is 23.8 Å². The van der Waals surface area contributed by atoms with Crippen LogP contribution < -0.4 is 5.73 Å². The summed E-state index contributed by atoms with van der Waals surface area (Å²) >= 11 is 0. The minimum Gasteiger partial charge on any atom is -0.320 e. The number of nitrogens with two attached hydrogens (primary N) is 1. The molecule has 0 aliphatic rings. The lowest BCUT2D eigenvalue weighted by molar-refractivity contribution is -0.137. The second-order valence-corrected chi connectivity index (χ2v) is 4.24. The lowest BCUT2D eigenvalue weighted by Gasteiger charge is -2.15. The maximum absolute atomic E-state index is 13.6. The molecule has 6 heteroatoms. The Morgan fingerprint density at radius 3 is 2.25 bits per heavy atom. The van der Waals surface area contributed by atoms with E-state index in [1.54, 1.807) is 0 Å². The number of benzene rings is 2. The average molecular weight is 287 g/mol. The molecule has 0 radical (unpaired) electrons. The Morgan fingerprint density at radius 2 is 1.60 bits per heavy atom. The van der Waals surface area contributed by atoms with Crippen LogP contribution in [-0.4, -0.2) is 0 Å². The maximum Gasteiger partial charge on any atom is 0.416 e. The summed E-state index contributed by atoms with van der Waals surface area (Å²) in [5, 5.41) is 0. The van der Waals surface area contributed by atoms with Crippen LogP contribution >= 0.6 is 0 Å². The van der Waals surface area contributed by atoms with Crippen molar-refractivity contribution in [3.8, 4) is 0 Å². The zero-order valence-electron chi connectivity index (χ0n) is 10.1. The maximum atomic E-state index is 13.6. The molecule has 0 aliphatic carbocycles. The summed E-state index contributed by atoms with van der Waals surface area (Å²) in [6.07, 6.45) is -4.52. The molecule has 20 heavy (non-hydrogen) atoms. The molecule has 0 fully saturated rings. The van der Waals surface area contributed by atoms with Gasteiger partial charge in [0.25, 0.3) is 0 Å². The van der Waals surface area contributed by atoms with Crippen molar-refractivity contribution >= 4 is 0 Å². The van der Waals surface area contributed by atoms with E-state index in [1.807, 2.05) is 0 Å². The molecular formula is C14H10F5N. The summed E-state index contributed by atoms with van der Waals surface area (Å²) in [5.74, 6) is -2.25. The number of halogens is 5. The van der Waals surface area contributed by atoms with Gasteiger partial charge in [-0.2, -0.15) is 13.2 Å². The topological polar surface area (TPSA) is 26.0 Å². The van der Waals surface area contributed by atoms with Gasteiger partial charge in [0.2, 0.25) is 0 Å². The van der Waals surface area contributed by atoms with E-state index in [0.717, 1.165) is 18.2 Å². The van der Waals surface area contributed by atoms with Crippen molar-refractivity contribution in [3.63, 3.8) is 0 Å². The summed E-state index contributed by atoms with van der Waals surface area (Å²) in [4.78, 5) is 0. The first kappa shape index (κ1) is 14.5. The molecule has 2 aromatic carbocycles. The van der Waals surface area contributed by atoms with Crippen LogP contribution in [0.5, 0.6) is 0 Å². The first-order valence-electron chi connectivity index (χ1n) is 5.67. The molecule has 0 amide bonds. The lowest BCUT2D eigenvalue weighted by atomic mass is 9.97. The van der Waals surface area contributed by atoms with E-state index in [9.17, 15) is 22.0 Å². The fourth-order valence-corrected chi connectivity index (χ4v) is 1.85. The third kappa shape index (κ3) is 2.80. The van der Waals surface area contributed by atoms with E-state index in [4.69, 9.17) is 5.73 Å². The molecule has 2 rings (SSSR count). The first-order valence-corrected chi connectivity index (χ1v) is 5.67. The number of alkyl halides is 3. The van der Waals surface area contributed by atoms with E-state index in [1.165, 1.54) is 24.3 Å². The molecule has 2 aromatic rings. The monoisotopic (exact) mass is 287 g/mol. The quantitative estimate of drug-likeness (QED) is 0.829. The third-order valence-electron chi connectivity index (χ3n) is 2.89. The largest absolute Gasteiger partial charge is 0.416 e. The van der Waals surface area contributed by atoms with Crippen LogP contribution in [0, 0.1) is 11.6 Å². The minimum absolute atomic E-state index is 0.0596. The van der Waals surface area contributed by atoms with E-state index in [2.05, 4.69) is 0 Å². The summed E-state index contributed by atoms with van der Waals surface area (Å²) in [5.41, 5.74) is 4.71. The molecule has 1 nitrogen and oxygen atoms in total. The highest BCUT2D eigenvalue weighted by atomic mass is 19.4. The fraction of sp³-hybridized carbons (Fsp3) is 0.143. The van der Waals surface area contributed by atoms with Gasteiger partial charge >= 0.3 is 6.18 Å². The molecule has 0 saturated carbocycles. The van der Waals surface area contributed by atoms with Gasteiger partial charge in [-0.15, -0.1) is 0 Å². The van der Waals surface area contributed by atoms with Gasteiger partial charge < -0.3 is 5.73 Å². The second-order valence-electron chi connectivity index (χ2n) is 4.24. The number of hydrogen-bond donors (Lipinski definition) is 1. The van der Waals surface area contributed by atoms with Crippen molar-refractivity contribution < 1.29 is 22.0 Å². The van der Waals surface area contributed by atoms with E-state index in [-0.39, 0.29) is 11.1 Å². The normalized spacial score (nSPS) is 13.3. The van der Waals surface area contributed by atoms with Gasteiger partial charge in [-0.25, -0.2) is 8.78 Å². The second kappa shape index (κ2) is 5.20. The van der Waals surface area contributed by atoms with Crippen LogP contribution in [0.15, 0.2) is 42.5 Å². The molecule has 106 valence electrons. The highest BCUT2D eigenvalue weighted by Crippen LogP contribution is 2.32. The molecule has 0 aromatic heterocycles. The molecule has 0 aliphatic heterocycles. The van der Waals surface area contributed by atoms with Crippen LogP contribution in [0.2, 0.25) is 0 Å². The van der Waals surface area contributed by atoms with E-state index < -0.39 is 29.4 Å². The van der Waals surface area contributed by atoms with Crippen LogP contribution in [0.1, 0.15) is 22.7 Å². The standard InChI is InChI=1S/C14H10F5N/c15-11-6-2-5-10(12(11)16)13(20)8-3-1-4-9(7-8)14(17,18)19/h1-7,13H,20H2. The molecule has 0 saturated heterocycles. The zero-order valence-corrected chi connectivity index (χ0v) is 10.1. The summed E-state index contributed by atoms with van der Waals surface area (Å²) < 4.78 is 64.5. The Morgan fingerprint density at radius 1 is 0.950 bits per heavy atom. The van der Waals surface area contributed by atoms with Crippen molar-refractivity contribution in [1.29, 1.82) is 0 Å². The zero-order chi connectivity index (χ0) is 14.9. The Kier molecular flexibility index (Phi) is 3.76. The predicted octanol–water partition coefficient (Wildman–Crippen LogP) is 4.03. The highest BCUT2D eigenvalue weighted by Gasteiger charge is 2.31. The van der Waals surface area contributed by atoms with Crippen LogP contribution in [0.3, 0.4) is 0 Å². The average Bonchev–Trinajstić information content (AvgIpc) is 2.40. The van der Waals surface area contributed by atoms with Crippen LogP contribution in [0.25, 0.3) is 0 Å². The van der Waals surface area contributed by atoms with Crippen molar-refractivity contribution in [1.82, 2.24) is 0 Å². The van der Waals surface area contributed by atoms with Crippen LogP contribution in [-0.2, 0) is 6.18 Å². The van der Waals surface area contributed by atoms with Gasteiger partial charge in [0, 0.05) is 5.56 Å². The van der Waals surface area contributed by atoms with Gasteiger partial charge in [0.05, 0.1) is 11.6 Å². The highest BCUT2D eigenvalue weighted by molar-refractivity contribution is 5.35. The molecule has 0 bridgehead atoms. The molecule has 0 spiro atoms. The molecule has 1 unspecified atom stereocenters. The first-order chi connectivity index (χ1) is 9.30. The van der Waals surface area contributed by atoms with Crippen molar-refractivity contribution in [2.45, 2.75) is 12.2 Å². The van der Waals surface area contributed by atoms with Gasteiger partial charge in [-0.3, -0.25) is 0 Å².